The van der Waals surface area contributed by atoms with Crippen LogP contribution >= 0.6 is 9.47 Å². The van der Waals surface area contributed by atoms with Crippen molar-refractivity contribution in [2.24, 2.45) is 11.5 Å². The molecular formula is C6H17N2O3P. The Balaban J connectivity index is 4.04. The Morgan fingerprint density at radius 3 is 1.67 bits per heavy atom. The SMILES string of the molecule is CC(N)OC(C)(OP)OC(C)N. The minimum Gasteiger partial charge on any atom is -0.311 e. The number of rotatable bonds is 5. The van der Waals surface area contributed by atoms with Crippen molar-refractivity contribution in [1.29, 1.82) is 0 Å². The van der Waals surface area contributed by atoms with Crippen LogP contribution in [0.1, 0.15) is 20.8 Å². The molecule has 0 aliphatic carbocycles. The van der Waals surface area contributed by atoms with Crippen molar-refractivity contribution in [2.75, 3.05) is 0 Å². The average molecular weight is 196 g/mol. The van der Waals surface area contributed by atoms with E-state index in [4.69, 9.17) is 25.5 Å². The molecule has 6 heteroatoms. The Labute approximate surface area is 75.0 Å². The molecule has 0 saturated heterocycles. The lowest BCUT2D eigenvalue weighted by Gasteiger charge is -2.30. The normalized spacial score (nSPS) is 21.5. The fraction of sp³-hybridized carbons (Fsp3) is 1.00. The first-order valence-electron chi connectivity index (χ1n) is 3.64. The maximum atomic E-state index is 5.40. The predicted molar refractivity (Wildman–Crippen MR) is 48.7 cm³/mol. The van der Waals surface area contributed by atoms with Crippen molar-refractivity contribution >= 4 is 9.47 Å². The van der Waals surface area contributed by atoms with E-state index in [9.17, 15) is 0 Å². The van der Waals surface area contributed by atoms with E-state index in [-0.39, 0.29) is 0 Å². The standard InChI is InChI=1S/C6H17N2O3P/c1-4(7)9-6(3,11-12)10-5(2)8/h4-5H,7-8,12H2,1-3H3. The van der Waals surface area contributed by atoms with Gasteiger partial charge in [0.2, 0.25) is 0 Å². The Kier molecular flexibility index (Phi) is 5.16. The molecule has 0 aromatic heterocycles. The summed E-state index contributed by atoms with van der Waals surface area (Å²) in [6.45, 7) is 4.94. The summed E-state index contributed by atoms with van der Waals surface area (Å²) >= 11 is 0. The molecule has 0 amide bonds. The van der Waals surface area contributed by atoms with Crippen LogP contribution in [0.15, 0.2) is 0 Å². The third kappa shape index (κ3) is 4.98. The largest absolute Gasteiger partial charge is 0.311 e. The molecule has 12 heavy (non-hydrogen) atoms. The van der Waals surface area contributed by atoms with Gasteiger partial charge in [-0.1, -0.05) is 0 Å². The highest BCUT2D eigenvalue weighted by Gasteiger charge is 2.28. The highest BCUT2D eigenvalue weighted by molar-refractivity contribution is 7.09. The zero-order valence-electron chi connectivity index (χ0n) is 7.61. The number of hydrogen-bond acceptors (Lipinski definition) is 5. The van der Waals surface area contributed by atoms with Crippen molar-refractivity contribution in [3.8, 4) is 0 Å². The molecule has 5 nitrogen and oxygen atoms in total. The van der Waals surface area contributed by atoms with Crippen LogP contribution in [0.4, 0.5) is 0 Å². The number of nitrogens with two attached hydrogens (primary N) is 2. The topological polar surface area (TPSA) is 79.7 Å². The van der Waals surface area contributed by atoms with Crippen LogP contribution in [-0.4, -0.2) is 18.4 Å². The third-order valence-electron chi connectivity index (χ3n) is 1.01. The van der Waals surface area contributed by atoms with E-state index >= 15 is 0 Å². The molecule has 74 valence electrons. The zero-order chi connectivity index (χ0) is 9.78. The molecule has 0 aliphatic rings. The molecule has 0 fully saturated rings. The smallest absolute Gasteiger partial charge is 0.285 e. The van der Waals surface area contributed by atoms with Crippen LogP contribution in [0.3, 0.4) is 0 Å². The first-order chi connectivity index (χ1) is 5.39. The van der Waals surface area contributed by atoms with E-state index in [0.29, 0.717) is 0 Å². The predicted octanol–water partition coefficient (Wildman–Crippen LogP) is 0.109. The van der Waals surface area contributed by atoms with Gasteiger partial charge in [-0.05, 0) is 13.8 Å². The number of ether oxygens (including phenoxy) is 2. The van der Waals surface area contributed by atoms with Gasteiger partial charge in [0.15, 0.2) is 0 Å². The summed E-state index contributed by atoms with van der Waals surface area (Å²) in [5.41, 5.74) is 10.8. The summed E-state index contributed by atoms with van der Waals surface area (Å²) in [5, 5.41) is 0. The summed E-state index contributed by atoms with van der Waals surface area (Å²) in [6.07, 6.45) is -0.955. The molecule has 0 aromatic rings. The molecular weight excluding hydrogens is 179 g/mol. The van der Waals surface area contributed by atoms with Gasteiger partial charge in [-0.2, -0.15) is 0 Å². The van der Waals surface area contributed by atoms with Gasteiger partial charge in [-0.3, -0.25) is 0 Å². The summed E-state index contributed by atoms with van der Waals surface area (Å²) in [7, 11) is 2.04. The Morgan fingerprint density at radius 1 is 1.17 bits per heavy atom. The van der Waals surface area contributed by atoms with E-state index in [1.54, 1.807) is 20.8 Å². The Hall–Kier alpha value is 0.230. The van der Waals surface area contributed by atoms with E-state index < -0.39 is 18.4 Å². The zero-order valence-corrected chi connectivity index (χ0v) is 8.77. The Bertz CT molecular complexity index is 122. The molecule has 3 atom stereocenters. The van der Waals surface area contributed by atoms with E-state index in [1.807, 2.05) is 9.47 Å². The van der Waals surface area contributed by atoms with Crippen LogP contribution in [0.5, 0.6) is 0 Å². The molecule has 3 unspecified atom stereocenters. The van der Waals surface area contributed by atoms with Gasteiger partial charge in [0.05, 0.1) is 0 Å². The first-order valence-corrected chi connectivity index (χ1v) is 4.11. The van der Waals surface area contributed by atoms with Crippen molar-refractivity contribution in [2.45, 2.75) is 39.2 Å². The van der Waals surface area contributed by atoms with Gasteiger partial charge < -0.3 is 25.5 Å². The monoisotopic (exact) mass is 196 g/mol. The minimum absolute atomic E-state index is 0.478. The summed E-state index contributed by atoms with van der Waals surface area (Å²) in [4.78, 5) is 0. The lowest BCUT2D eigenvalue weighted by Crippen LogP contribution is -2.43. The van der Waals surface area contributed by atoms with Crippen molar-refractivity contribution in [1.82, 2.24) is 0 Å². The Morgan fingerprint density at radius 2 is 1.50 bits per heavy atom. The lowest BCUT2D eigenvalue weighted by molar-refractivity contribution is -0.354. The van der Waals surface area contributed by atoms with Gasteiger partial charge in [-0.15, -0.1) is 0 Å². The van der Waals surface area contributed by atoms with E-state index in [2.05, 4.69) is 0 Å². The van der Waals surface area contributed by atoms with Crippen LogP contribution in [0, 0.1) is 0 Å². The molecule has 0 heterocycles. The average Bonchev–Trinajstić information content (AvgIpc) is 1.83. The number of hydrogen-bond donors (Lipinski definition) is 2. The molecule has 0 radical (unpaired) electrons. The fourth-order valence-electron chi connectivity index (χ4n) is 0.759. The first kappa shape index (κ1) is 12.2. The molecule has 0 saturated carbocycles. The maximum absolute atomic E-state index is 5.40. The third-order valence-corrected chi connectivity index (χ3v) is 1.44. The second kappa shape index (κ2) is 5.07. The minimum atomic E-state index is -1.20. The van der Waals surface area contributed by atoms with Gasteiger partial charge in [0.25, 0.3) is 5.97 Å². The second-order valence-electron chi connectivity index (χ2n) is 2.63. The summed E-state index contributed by atoms with van der Waals surface area (Å²) in [6, 6.07) is 0. The van der Waals surface area contributed by atoms with Crippen LogP contribution in [0.2, 0.25) is 0 Å². The van der Waals surface area contributed by atoms with Crippen molar-refractivity contribution in [3.63, 3.8) is 0 Å². The van der Waals surface area contributed by atoms with Crippen molar-refractivity contribution < 1.29 is 14.0 Å². The molecule has 0 bridgehead atoms. The molecule has 0 aromatic carbocycles. The van der Waals surface area contributed by atoms with E-state index in [1.165, 1.54) is 0 Å². The van der Waals surface area contributed by atoms with Crippen LogP contribution in [-0.2, 0) is 14.0 Å². The highest BCUT2D eigenvalue weighted by atomic mass is 31.0. The van der Waals surface area contributed by atoms with Gasteiger partial charge >= 0.3 is 0 Å². The summed E-state index contributed by atoms with van der Waals surface area (Å²) < 4.78 is 15.1. The highest BCUT2D eigenvalue weighted by Crippen LogP contribution is 2.19. The fourth-order valence-corrected chi connectivity index (χ4v) is 0.870. The lowest BCUT2D eigenvalue weighted by atomic mass is 10.6. The summed E-state index contributed by atoms with van der Waals surface area (Å²) in [5.74, 6) is -1.20. The molecule has 4 N–H and O–H groups in total. The second-order valence-corrected chi connectivity index (χ2v) is 2.86. The van der Waals surface area contributed by atoms with E-state index in [0.717, 1.165) is 0 Å². The van der Waals surface area contributed by atoms with Gasteiger partial charge in [0, 0.05) is 16.4 Å². The molecule has 0 rings (SSSR count). The van der Waals surface area contributed by atoms with Crippen molar-refractivity contribution in [3.05, 3.63) is 0 Å². The van der Waals surface area contributed by atoms with Crippen LogP contribution < -0.4 is 11.5 Å². The van der Waals surface area contributed by atoms with Gasteiger partial charge in [-0.25, -0.2) is 0 Å². The van der Waals surface area contributed by atoms with Crippen LogP contribution in [0.25, 0.3) is 0 Å². The quantitative estimate of drug-likeness (QED) is 0.482. The maximum Gasteiger partial charge on any atom is 0.285 e. The molecule has 0 spiro atoms. The van der Waals surface area contributed by atoms with Gasteiger partial charge in [0.1, 0.15) is 12.5 Å². The molecule has 0 aliphatic heterocycles.